The number of esters is 1. The second-order valence-corrected chi connectivity index (χ2v) is 8.06. The first kappa shape index (κ1) is 18.2. The molecule has 2 aromatic rings. The molecular weight excluding hydrogens is 366 g/mol. The van der Waals surface area contributed by atoms with E-state index in [0.29, 0.717) is 6.07 Å². The molecule has 1 unspecified atom stereocenters. The summed E-state index contributed by atoms with van der Waals surface area (Å²) in [6.07, 6.45) is 1.04. The predicted molar refractivity (Wildman–Crippen MR) is 89.4 cm³/mol. The zero-order valence-corrected chi connectivity index (χ0v) is 14.6. The first-order valence-corrected chi connectivity index (χ1v) is 9.36. The van der Waals surface area contributed by atoms with Crippen LogP contribution in [0, 0.1) is 11.6 Å². The number of rotatable bonds is 3. The number of carbonyl (C=O) groups is 1. The van der Waals surface area contributed by atoms with Crippen molar-refractivity contribution in [3.63, 3.8) is 0 Å². The Morgan fingerprint density at radius 2 is 1.69 bits per heavy atom. The van der Waals surface area contributed by atoms with Gasteiger partial charge in [-0.1, -0.05) is 12.1 Å². The van der Waals surface area contributed by atoms with Gasteiger partial charge in [-0.2, -0.15) is 0 Å². The minimum absolute atomic E-state index is 0.0342. The number of benzene rings is 2. The molecule has 1 N–H and O–H groups in total. The molecule has 0 aromatic heterocycles. The molecule has 0 saturated heterocycles. The normalized spacial score (nSPS) is 20.4. The summed E-state index contributed by atoms with van der Waals surface area (Å²) < 4.78 is 55.5. The Bertz CT molecular complexity index is 1040. The maximum atomic E-state index is 14.2. The van der Waals surface area contributed by atoms with E-state index in [0.717, 1.165) is 18.4 Å². The van der Waals surface area contributed by atoms with Gasteiger partial charge in [-0.05, 0) is 29.8 Å². The van der Waals surface area contributed by atoms with Crippen molar-refractivity contribution < 1.29 is 31.8 Å². The van der Waals surface area contributed by atoms with E-state index in [1.807, 2.05) is 0 Å². The molecule has 8 heteroatoms. The maximum Gasteiger partial charge on any atom is 0.342 e. The Balaban J connectivity index is 2.25. The van der Waals surface area contributed by atoms with Gasteiger partial charge in [-0.15, -0.1) is 0 Å². The van der Waals surface area contributed by atoms with Crippen molar-refractivity contribution in [3.05, 3.63) is 65.2 Å². The van der Waals surface area contributed by atoms with E-state index >= 15 is 0 Å². The van der Waals surface area contributed by atoms with Crippen molar-refractivity contribution in [2.45, 2.75) is 17.6 Å². The van der Waals surface area contributed by atoms with Crippen LogP contribution in [-0.4, -0.2) is 31.5 Å². The lowest BCUT2D eigenvalue weighted by atomic mass is 9.91. The van der Waals surface area contributed by atoms with Gasteiger partial charge in [0.25, 0.3) is 0 Å². The van der Waals surface area contributed by atoms with Crippen LogP contribution in [-0.2, 0) is 19.4 Å². The summed E-state index contributed by atoms with van der Waals surface area (Å²) in [5.74, 6) is -4.83. The van der Waals surface area contributed by atoms with E-state index in [9.17, 15) is 27.1 Å². The Kier molecular flexibility index (Phi) is 4.20. The molecule has 5 nitrogen and oxygen atoms in total. The van der Waals surface area contributed by atoms with Crippen LogP contribution in [0.25, 0.3) is 11.1 Å². The van der Waals surface area contributed by atoms with Crippen molar-refractivity contribution in [1.82, 2.24) is 0 Å². The van der Waals surface area contributed by atoms with Gasteiger partial charge >= 0.3 is 5.97 Å². The summed E-state index contributed by atoms with van der Waals surface area (Å²) >= 11 is 0. The number of aliphatic hydroxyl groups is 1. The highest BCUT2D eigenvalue weighted by Gasteiger charge is 2.44. The Morgan fingerprint density at radius 1 is 1.08 bits per heavy atom. The van der Waals surface area contributed by atoms with Crippen molar-refractivity contribution in [1.29, 1.82) is 0 Å². The molecule has 1 aliphatic rings. The summed E-state index contributed by atoms with van der Waals surface area (Å²) in [6, 6.07) is 8.04. The topological polar surface area (TPSA) is 80.7 Å². The summed E-state index contributed by atoms with van der Waals surface area (Å²) in [4.78, 5) is 12.3. The van der Waals surface area contributed by atoms with Gasteiger partial charge in [0.15, 0.2) is 9.84 Å². The van der Waals surface area contributed by atoms with E-state index in [4.69, 9.17) is 4.74 Å². The van der Waals surface area contributed by atoms with E-state index < -0.39 is 33.2 Å². The fraction of sp³-hybridized carbons (Fsp3) is 0.167. The molecule has 1 aliphatic heterocycles. The second kappa shape index (κ2) is 6.00. The summed E-state index contributed by atoms with van der Waals surface area (Å²) in [7, 11) is -3.44. The number of hydrogen-bond donors (Lipinski definition) is 1. The largest absolute Gasteiger partial charge is 0.425 e. The minimum Gasteiger partial charge on any atom is -0.425 e. The van der Waals surface area contributed by atoms with Gasteiger partial charge in [-0.3, -0.25) is 0 Å². The maximum absolute atomic E-state index is 14.2. The number of hydrogen-bond acceptors (Lipinski definition) is 5. The third-order valence-electron chi connectivity index (χ3n) is 3.98. The molecule has 3 rings (SSSR count). The summed E-state index contributed by atoms with van der Waals surface area (Å²) in [6.45, 7) is 1.21. The van der Waals surface area contributed by atoms with Crippen molar-refractivity contribution >= 4 is 27.0 Å². The fourth-order valence-corrected chi connectivity index (χ4v) is 3.46. The van der Waals surface area contributed by atoms with Gasteiger partial charge in [0, 0.05) is 30.4 Å². The van der Waals surface area contributed by atoms with Crippen molar-refractivity contribution in [3.8, 4) is 0 Å². The van der Waals surface area contributed by atoms with E-state index in [-0.39, 0.29) is 27.2 Å². The number of carbonyl (C=O) groups excluding carboxylic acids is 1. The zero-order valence-electron chi connectivity index (χ0n) is 13.8. The van der Waals surface area contributed by atoms with Crippen LogP contribution in [0.15, 0.2) is 47.4 Å². The lowest BCUT2D eigenvalue weighted by molar-refractivity contribution is -0.169. The Labute approximate surface area is 148 Å². The SMILES string of the molecule is CC1(O)OC(=O)C(c2ccc(F)cc2F)=C1c1ccc(S(C)(=O)=O)cc1. The van der Waals surface area contributed by atoms with Crippen LogP contribution in [0.5, 0.6) is 0 Å². The average Bonchev–Trinajstić information content (AvgIpc) is 2.75. The second-order valence-electron chi connectivity index (χ2n) is 6.04. The van der Waals surface area contributed by atoms with Gasteiger partial charge in [0.05, 0.1) is 10.5 Å². The third-order valence-corrected chi connectivity index (χ3v) is 5.11. The number of ether oxygens (including phenoxy) is 1. The van der Waals surface area contributed by atoms with Crippen LogP contribution < -0.4 is 0 Å². The Morgan fingerprint density at radius 3 is 2.23 bits per heavy atom. The monoisotopic (exact) mass is 380 g/mol. The smallest absolute Gasteiger partial charge is 0.342 e. The highest BCUT2D eigenvalue weighted by molar-refractivity contribution is 7.90. The molecule has 0 spiro atoms. The lowest BCUT2D eigenvalue weighted by Gasteiger charge is -2.20. The number of cyclic esters (lactones) is 1. The van der Waals surface area contributed by atoms with E-state index in [2.05, 4.69) is 0 Å². The average molecular weight is 380 g/mol. The number of halogens is 2. The molecular formula is C18H14F2O5S. The zero-order chi connectivity index (χ0) is 19.3. The summed E-state index contributed by atoms with van der Waals surface area (Å²) in [5.41, 5.74) is -0.240. The van der Waals surface area contributed by atoms with Crippen LogP contribution in [0.2, 0.25) is 0 Å². The molecule has 0 bridgehead atoms. The van der Waals surface area contributed by atoms with Crippen LogP contribution in [0.3, 0.4) is 0 Å². The van der Waals surface area contributed by atoms with Crippen molar-refractivity contribution in [2.75, 3.05) is 6.26 Å². The molecule has 0 radical (unpaired) electrons. The molecule has 0 amide bonds. The van der Waals surface area contributed by atoms with Crippen LogP contribution in [0.1, 0.15) is 18.1 Å². The third kappa shape index (κ3) is 3.13. The first-order chi connectivity index (χ1) is 12.0. The highest BCUT2D eigenvalue weighted by Crippen LogP contribution is 2.43. The lowest BCUT2D eigenvalue weighted by Crippen LogP contribution is -2.26. The minimum atomic E-state index is -3.44. The fourth-order valence-electron chi connectivity index (χ4n) is 2.83. The molecule has 0 saturated carbocycles. The van der Waals surface area contributed by atoms with Crippen LogP contribution >= 0.6 is 0 Å². The van der Waals surface area contributed by atoms with Gasteiger partial charge in [0.1, 0.15) is 11.6 Å². The molecule has 1 atom stereocenters. The summed E-state index contributed by atoms with van der Waals surface area (Å²) in [5, 5.41) is 10.5. The number of sulfone groups is 1. The van der Waals surface area contributed by atoms with E-state index in [1.54, 1.807) is 0 Å². The first-order valence-electron chi connectivity index (χ1n) is 7.47. The Hall–Kier alpha value is -2.58. The quantitative estimate of drug-likeness (QED) is 0.828. The van der Waals surface area contributed by atoms with Crippen molar-refractivity contribution in [2.24, 2.45) is 0 Å². The van der Waals surface area contributed by atoms with Gasteiger partial charge in [-0.25, -0.2) is 22.0 Å². The molecule has 0 aliphatic carbocycles. The standard InChI is InChI=1S/C18H14F2O5S/c1-18(22)16(10-3-6-12(7-4-10)26(2,23)24)15(17(21)25-18)13-8-5-11(19)9-14(13)20/h3-9,22H,1-2H3. The molecule has 0 fully saturated rings. The van der Waals surface area contributed by atoms with Crippen LogP contribution in [0.4, 0.5) is 8.78 Å². The molecule has 26 heavy (non-hydrogen) atoms. The van der Waals surface area contributed by atoms with Gasteiger partial charge < -0.3 is 9.84 Å². The molecule has 1 heterocycles. The van der Waals surface area contributed by atoms with E-state index in [1.165, 1.54) is 31.2 Å². The van der Waals surface area contributed by atoms with Gasteiger partial charge in [0.2, 0.25) is 5.79 Å². The molecule has 2 aromatic carbocycles. The predicted octanol–water partition coefficient (Wildman–Crippen LogP) is 2.54. The highest BCUT2D eigenvalue weighted by atomic mass is 32.2. The molecule has 136 valence electrons.